The van der Waals surface area contributed by atoms with Crippen molar-refractivity contribution in [3.8, 4) is 0 Å². The van der Waals surface area contributed by atoms with Gasteiger partial charge < -0.3 is 4.90 Å². The van der Waals surface area contributed by atoms with E-state index in [0.29, 0.717) is 6.42 Å². The molecule has 0 atom stereocenters. The van der Waals surface area contributed by atoms with Gasteiger partial charge in [-0.2, -0.15) is 0 Å². The minimum Gasteiger partial charge on any atom is -0.340 e. The second-order valence-electron chi connectivity index (χ2n) is 5.99. The lowest BCUT2D eigenvalue weighted by atomic mass is 10.1. The van der Waals surface area contributed by atoms with Gasteiger partial charge in [-0.25, -0.2) is 0 Å². The SMILES string of the molecule is O=C(CCc1ccc(Cl)cc1)N1CCN(Cc2ccc(Cl)s2)CC1. The topological polar surface area (TPSA) is 23.6 Å². The van der Waals surface area contributed by atoms with Crippen LogP contribution in [0.15, 0.2) is 36.4 Å². The first-order valence-electron chi connectivity index (χ1n) is 8.09. The van der Waals surface area contributed by atoms with Crippen molar-refractivity contribution in [2.24, 2.45) is 0 Å². The van der Waals surface area contributed by atoms with Crippen molar-refractivity contribution in [2.45, 2.75) is 19.4 Å². The molecule has 3 nitrogen and oxygen atoms in total. The van der Waals surface area contributed by atoms with Gasteiger partial charge in [0.05, 0.1) is 4.34 Å². The molecule has 0 spiro atoms. The van der Waals surface area contributed by atoms with E-state index in [-0.39, 0.29) is 5.91 Å². The quantitative estimate of drug-likeness (QED) is 0.767. The number of carbonyl (C=O) groups excluding carboxylic acids is 1. The molecule has 1 fully saturated rings. The van der Waals surface area contributed by atoms with E-state index in [1.807, 2.05) is 35.2 Å². The summed E-state index contributed by atoms with van der Waals surface area (Å²) in [6, 6.07) is 11.7. The van der Waals surface area contributed by atoms with E-state index in [1.165, 1.54) is 4.88 Å². The lowest BCUT2D eigenvalue weighted by Gasteiger charge is -2.34. The summed E-state index contributed by atoms with van der Waals surface area (Å²) in [7, 11) is 0. The third kappa shape index (κ3) is 4.96. The molecule has 1 amide bonds. The van der Waals surface area contributed by atoms with Gasteiger partial charge in [0.25, 0.3) is 0 Å². The maximum atomic E-state index is 12.4. The van der Waals surface area contributed by atoms with Crippen LogP contribution >= 0.6 is 34.5 Å². The fourth-order valence-electron chi connectivity index (χ4n) is 2.87. The number of nitrogens with zero attached hydrogens (tertiary/aromatic N) is 2. The Balaban J connectivity index is 1.42. The number of thiophene rings is 1. The smallest absolute Gasteiger partial charge is 0.222 e. The first-order chi connectivity index (χ1) is 11.6. The van der Waals surface area contributed by atoms with Gasteiger partial charge in [0.2, 0.25) is 5.91 Å². The molecule has 24 heavy (non-hydrogen) atoms. The Hall–Kier alpha value is -1.07. The van der Waals surface area contributed by atoms with E-state index in [2.05, 4.69) is 11.0 Å². The van der Waals surface area contributed by atoms with Crippen LogP contribution < -0.4 is 0 Å². The highest BCUT2D eigenvalue weighted by Crippen LogP contribution is 2.23. The first kappa shape index (κ1) is 17.7. The average Bonchev–Trinajstić information content (AvgIpc) is 2.99. The van der Waals surface area contributed by atoms with Crippen LogP contribution in [0, 0.1) is 0 Å². The van der Waals surface area contributed by atoms with E-state index in [4.69, 9.17) is 23.2 Å². The summed E-state index contributed by atoms with van der Waals surface area (Å²) in [5.41, 5.74) is 1.15. The summed E-state index contributed by atoms with van der Waals surface area (Å²) >= 11 is 13.5. The lowest BCUT2D eigenvalue weighted by molar-refractivity contribution is -0.132. The maximum absolute atomic E-state index is 12.4. The number of benzene rings is 1. The van der Waals surface area contributed by atoms with E-state index in [0.717, 1.165) is 54.1 Å². The summed E-state index contributed by atoms with van der Waals surface area (Å²) in [4.78, 5) is 18.0. The fraction of sp³-hybridized carbons (Fsp3) is 0.389. The van der Waals surface area contributed by atoms with Crippen molar-refractivity contribution < 1.29 is 4.79 Å². The van der Waals surface area contributed by atoms with Crippen molar-refractivity contribution in [1.29, 1.82) is 0 Å². The Morgan fingerprint density at radius 3 is 2.33 bits per heavy atom. The number of rotatable bonds is 5. The Kier molecular flexibility index (Phi) is 6.17. The third-order valence-corrected chi connectivity index (χ3v) is 5.74. The average molecular weight is 383 g/mol. The van der Waals surface area contributed by atoms with Crippen LogP contribution in [-0.4, -0.2) is 41.9 Å². The molecule has 0 radical (unpaired) electrons. The first-order valence-corrected chi connectivity index (χ1v) is 9.66. The van der Waals surface area contributed by atoms with Crippen molar-refractivity contribution in [3.05, 3.63) is 56.2 Å². The largest absolute Gasteiger partial charge is 0.340 e. The molecule has 1 aromatic heterocycles. The molecule has 1 aliphatic rings. The monoisotopic (exact) mass is 382 g/mol. The molecule has 0 aliphatic carbocycles. The van der Waals surface area contributed by atoms with E-state index < -0.39 is 0 Å². The minimum atomic E-state index is 0.240. The van der Waals surface area contributed by atoms with Crippen molar-refractivity contribution in [3.63, 3.8) is 0 Å². The molecular weight excluding hydrogens is 363 g/mol. The molecule has 6 heteroatoms. The van der Waals surface area contributed by atoms with Crippen molar-refractivity contribution in [1.82, 2.24) is 9.80 Å². The van der Waals surface area contributed by atoms with Crippen LogP contribution in [-0.2, 0) is 17.8 Å². The number of aryl methyl sites for hydroxylation is 1. The molecule has 0 saturated carbocycles. The lowest BCUT2D eigenvalue weighted by Crippen LogP contribution is -2.48. The zero-order chi connectivity index (χ0) is 16.9. The Labute approximate surface area is 156 Å². The van der Waals surface area contributed by atoms with Crippen LogP contribution in [0.5, 0.6) is 0 Å². The molecule has 0 bridgehead atoms. The van der Waals surface area contributed by atoms with Crippen LogP contribution in [0.25, 0.3) is 0 Å². The highest BCUT2D eigenvalue weighted by Gasteiger charge is 2.21. The number of halogens is 2. The maximum Gasteiger partial charge on any atom is 0.222 e. The molecule has 0 N–H and O–H groups in total. The van der Waals surface area contributed by atoms with Crippen LogP contribution in [0.2, 0.25) is 9.36 Å². The van der Waals surface area contributed by atoms with Gasteiger partial charge in [0, 0.05) is 49.0 Å². The second-order valence-corrected chi connectivity index (χ2v) is 8.23. The highest BCUT2D eigenvalue weighted by atomic mass is 35.5. The summed E-state index contributed by atoms with van der Waals surface area (Å²) in [5, 5.41) is 0.730. The van der Waals surface area contributed by atoms with Crippen LogP contribution in [0.3, 0.4) is 0 Å². The summed E-state index contributed by atoms with van der Waals surface area (Å²) < 4.78 is 0.834. The molecule has 2 aromatic rings. The van der Waals surface area contributed by atoms with E-state index in [1.54, 1.807) is 11.3 Å². The van der Waals surface area contributed by atoms with Gasteiger partial charge in [-0.05, 0) is 36.2 Å². The zero-order valence-electron chi connectivity index (χ0n) is 13.4. The molecule has 1 aliphatic heterocycles. The van der Waals surface area contributed by atoms with Gasteiger partial charge in [0.15, 0.2) is 0 Å². The minimum absolute atomic E-state index is 0.240. The number of carbonyl (C=O) groups is 1. The van der Waals surface area contributed by atoms with Gasteiger partial charge in [-0.1, -0.05) is 35.3 Å². The molecule has 0 unspecified atom stereocenters. The number of hydrogen-bond donors (Lipinski definition) is 0. The van der Waals surface area contributed by atoms with Gasteiger partial charge >= 0.3 is 0 Å². The van der Waals surface area contributed by atoms with Gasteiger partial charge in [0.1, 0.15) is 0 Å². The normalized spacial score (nSPS) is 15.7. The predicted molar refractivity (Wildman–Crippen MR) is 101 cm³/mol. The third-order valence-electron chi connectivity index (χ3n) is 4.27. The molecule has 3 rings (SSSR count). The number of piperazine rings is 1. The molecule has 2 heterocycles. The predicted octanol–water partition coefficient (Wildman–Crippen LogP) is 4.33. The summed E-state index contributed by atoms with van der Waals surface area (Å²) in [5.74, 6) is 0.240. The molecule has 128 valence electrons. The standard InChI is InChI=1S/C18H20Cl2N2OS/c19-15-4-1-14(2-5-15)3-8-18(23)22-11-9-21(10-12-22)13-16-6-7-17(20)24-16/h1-2,4-7H,3,8-13H2. The van der Waals surface area contributed by atoms with E-state index >= 15 is 0 Å². The van der Waals surface area contributed by atoms with Crippen molar-refractivity contribution in [2.75, 3.05) is 26.2 Å². The Morgan fingerprint density at radius 2 is 1.71 bits per heavy atom. The van der Waals surface area contributed by atoms with Gasteiger partial charge in [-0.15, -0.1) is 11.3 Å². The Bertz CT molecular complexity index is 679. The summed E-state index contributed by atoms with van der Waals surface area (Å²) in [6.07, 6.45) is 1.33. The zero-order valence-corrected chi connectivity index (χ0v) is 15.7. The summed E-state index contributed by atoms with van der Waals surface area (Å²) in [6.45, 7) is 4.37. The second kappa shape index (κ2) is 8.34. The number of amides is 1. The number of hydrogen-bond acceptors (Lipinski definition) is 3. The molecule has 1 aromatic carbocycles. The van der Waals surface area contributed by atoms with Crippen LogP contribution in [0.1, 0.15) is 16.9 Å². The Morgan fingerprint density at radius 1 is 1.00 bits per heavy atom. The molecular formula is C18H20Cl2N2OS. The van der Waals surface area contributed by atoms with E-state index in [9.17, 15) is 4.79 Å². The molecule has 1 saturated heterocycles. The fourth-order valence-corrected chi connectivity index (χ4v) is 4.13. The van der Waals surface area contributed by atoms with Crippen molar-refractivity contribution >= 4 is 40.4 Å². The van der Waals surface area contributed by atoms with Crippen LogP contribution in [0.4, 0.5) is 0 Å². The highest BCUT2D eigenvalue weighted by molar-refractivity contribution is 7.16. The van der Waals surface area contributed by atoms with Gasteiger partial charge in [-0.3, -0.25) is 9.69 Å².